The van der Waals surface area contributed by atoms with Crippen LogP contribution in [0.2, 0.25) is 0 Å². The second-order valence-corrected chi connectivity index (χ2v) is 3.93. The zero-order chi connectivity index (χ0) is 10.4. The van der Waals surface area contributed by atoms with Gasteiger partial charge >= 0.3 is 18.9 Å². The van der Waals surface area contributed by atoms with Crippen molar-refractivity contribution in [1.82, 2.24) is 0 Å². The maximum Gasteiger partial charge on any atom is 1.00 e. The second kappa shape index (κ2) is 11.4. The Morgan fingerprint density at radius 1 is 0.824 bits per heavy atom. The molecule has 4 heteroatoms. The molecular formula is C13H22Cl2LiN. The summed E-state index contributed by atoms with van der Waals surface area (Å²) >= 11 is 0. The third-order valence-corrected chi connectivity index (χ3v) is 3.37. The summed E-state index contributed by atoms with van der Waals surface area (Å²) in [6.45, 7) is 11.7. The summed E-state index contributed by atoms with van der Waals surface area (Å²) < 4.78 is 1.20. The van der Waals surface area contributed by atoms with Gasteiger partial charge in [0.25, 0.3) is 0 Å². The van der Waals surface area contributed by atoms with Crippen LogP contribution in [0, 0.1) is 0 Å². The quantitative estimate of drug-likeness (QED) is 0.369. The number of hydrogen-bond acceptors (Lipinski definition) is 0. The molecule has 0 aliphatic rings. The van der Waals surface area contributed by atoms with Crippen LogP contribution in [0.5, 0.6) is 0 Å². The molecule has 1 aromatic carbocycles. The maximum absolute atomic E-state index is 2.29. The summed E-state index contributed by atoms with van der Waals surface area (Å²) in [4.78, 5) is 0. The second-order valence-electron chi connectivity index (χ2n) is 3.93. The number of hydrogen-bond donors (Lipinski definition) is 0. The van der Waals surface area contributed by atoms with Crippen molar-refractivity contribution in [3.63, 3.8) is 0 Å². The minimum atomic E-state index is 0. The van der Waals surface area contributed by atoms with Crippen LogP contribution in [0.1, 0.15) is 26.3 Å². The summed E-state index contributed by atoms with van der Waals surface area (Å²) in [5.74, 6) is 0. The molecule has 17 heavy (non-hydrogen) atoms. The molecule has 1 rings (SSSR count). The fourth-order valence-corrected chi connectivity index (χ4v) is 1.98. The molecule has 0 fully saturated rings. The standard InChI is InChI=1S/C13H22N.2ClH.Li/c1-4-14(5-2,6-3)12-13-10-8-7-9-11-13;;;/h7-11H,4-6,12H2,1-3H3;2*1H;/q+1;;;+1/p-2. The fourth-order valence-electron chi connectivity index (χ4n) is 1.98. The van der Waals surface area contributed by atoms with Crippen molar-refractivity contribution in [3.8, 4) is 0 Å². The normalized spacial score (nSPS) is 9.59. The average molecular weight is 270 g/mol. The van der Waals surface area contributed by atoms with Crippen LogP contribution in [-0.4, -0.2) is 24.1 Å². The SMILES string of the molecule is CC[N+](CC)(CC)Cc1ccccc1.[Cl-].[Cl-].[Li+]. The molecule has 94 valence electrons. The van der Waals surface area contributed by atoms with Crippen LogP contribution in [0.3, 0.4) is 0 Å². The monoisotopic (exact) mass is 269 g/mol. The van der Waals surface area contributed by atoms with Crippen LogP contribution in [-0.2, 0) is 6.54 Å². The molecular weight excluding hydrogens is 248 g/mol. The predicted octanol–water partition coefficient (Wildman–Crippen LogP) is -5.92. The van der Waals surface area contributed by atoms with E-state index in [1.54, 1.807) is 0 Å². The first-order chi connectivity index (χ1) is 6.76. The molecule has 0 aliphatic heterocycles. The minimum absolute atomic E-state index is 0. The van der Waals surface area contributed by atoms with E-state index in [0.717, 1.165) is 0 Å². The molecule has 0 atom stereocenters. The van der Waals surface area contributed by atoms with E-state index in [2.05, 4.69) is 51.1 Å². The molecule has 0 heterocycles. The van der Waals surface area contributed by atoms with E-state index in [-0.39, 0.29) is 43.7 Å². The third kappa shape index (κ3) is 6.75. The smallest absolute Gasteiger partial charge is 1.00 e. The zero-order valence-electron chi connectivity index (χ0n) is 11.4. The van der Waals surface area contributed by atoms with Gasteiger partial charge in [0.05, 0.1) is 19.6 Å². The molecule has 1 aromatic rings. The summed E-state index contributed by atoms with van der Waals surface area (Å²) in [5, 5.41) is 0. The zero-order valence-corrected chi connectivity index (χ0v) is 12.9. The van der Waals surface area contributed by atoms with Gasteiger partial charge in [-0.3, -0.25) is 0 Å². The molecule has 0 spiro atoms. The molecule has 0 radical (unpaired) electrons. The van der Waals surface area contributed by atoms with Gasteiger partial charge in [0, 0.05) is 5.56 Å². The van der Waals surface area contributed by atoms with E-state index in [1.165, 1.54) is 36.2 Å². The first-order valence-corrected chi connectivity index (χ1v) is 5.65. The maximum atomic E-state index is 2.29. The Morgan fingerprint density at radius 2 is 1.24 bits per heavy atom. The van der Waals surface area contributed by atoms with Crippen molar-refractivity contribution in [2.24, 2.45) is 0 Å². The van der Waals surface area contributed by atoms with Gasteiger partial charge in [-0.1, -0.05) is 30.3 Å². The molecule has 0 saturated heterocycles. The molecule has 0 amide bonds. The van der Waals surface area contributed by atoms with E-state index in [4.69, 9.17) is 0 Å². The van der Waals surface area contributed by atoms with Gasteiger partial charge < -0.3 is 29.3 Å². The topological polar surface area (TPSA) is 0 Å². The number of halogens is 2. The fraction of sp³-hybridized carbons (Fsp3) is 0.538. The Hall–Kier alpha value is 0.357. The van der Waals surface area contributed by atoms with Crippen molar-refractivity contribution < 1.29 is 48.2 Å². The van der Waals surface area contributed by atoms with Gasteiger partial charge in [-0.2, -0.15) is 0 Å². The first-order valence-electron chi connectivity index (χ1n) is 5.65. The van der Waals surface area contributed by atoms with E-state index in [1.807, 2.05) is 0 Å². The van der Waals surface area contributed by atoms with E-state index in [0.29, 0.717) is 0 Å². The molecule has 0 unspecified atom stereocenters. The molecule has 0 bridgehead atoms. The van der Waals surface area contributed by atoms with Gasteiger partial charge in [0.1, 0.15) is 6.54 Å². The van der Waals surface area contributed by atoms with Gasteiger partial charge in [-0.15, -0.1) is 0 Å². The number of rotatable bonds is 5. The Kier molecular flexibility index (Phi) is 15.2. The van der Waals surface area contributed by atoms with E-state index < -0.39 is 0 Å². The van der Waals surface area contributed by atoms with Gasteiger partial charge in [-0.05, 0) is 20.8 Å². The summed E-state index contributed by atoms with van der Waals surface area (Å²) in [7, 11) is 0. The number of quaternary nitrogens is 1. The van der Waals surface area contributed by atoms with E-state index in [9.17, 15) is 0 Å². The Morgan fingerprint density at radius 3 is 1.59 bits per heavy atom. The van der Waals surface area contributed by atoms with Crippen molar-refractivity contribution in [1.29, 1.82) is 0 Å². The molecule has 0 aliphatic carbocycles. The average Bonchev–Trinajstić information content (AvgIpc) is 2.28. The van der Waals surface area contributed by atoms with Gasteiger partial charge in [0.15, 0.2) is 0 Å². The Balaban J connectivity index is -0.000000653. The molecule has 0 N–H and O–H groups in total. The van der Waals surface area contributed by atoms with Crippen LogP contribution in [0.25, 0.3) is 0 Å². The van der Waals surface area contributed by atoms with Gasteiger partial charge in [0.2, 0.25) is 0 Å². The third-order valence-electron chi connectivity index (χ3n) is 3.37. The molecule has 0 saturated carbocycles. The summed E-state index contributed by atoms with van der Waals surface area (Å²) in [5.41, 5.74) is 1.46. The van der Waals surface area contributed by atoms with Crippen LogP contribution in [0.4, 0.5) is 0 Å². The number of nitrogens with zero attached hydrogens (tertiary/aromatic N) is 1. The summed E-state index contributed by atoms with van der Waals surface area (Å²) in [6.07, 6.45) is 0. The summed E-state index contributed by atoms with van der Waals surface area (Å²) in [6, 6.07) is 10.8. The minimum Gasteiger partial charge on any atom is -1.00 e. The van der Waals surface area contributed by atoms with Crippen molar-refractivity contribution in [2.75, 3.05) is 19.6 Å². The van der Waals surface area contributed by atoms with Crippen LogP contribution in [0.15, 0.2) is 30.3 Å². The first kappa shape index (κ1) is 22.5. The van der Waals surface area contributed by atoms with Crippen LogP contribution < -0.4 is 43.7 Å². The predicted molar refractivity (Wildman–Crippen MR) is 62.0 cm³/mol. The van der Waals surface area contributed by atoms with Crippen LogP contribution >= 0.6 is 0 Å². The van der Waals surface area contributed by atoms with E-state index >= 15 is 0 Å². The Bertz CT molecular complexity index is 255. The Labute approximate surface area is 131 Å². The largest absolute Gasteiger partial charge is 1.00 e. The van der Waals surface area contributed by atoms with Crippen molar-refractivity contribution in [2.45, 2.75) is 27.3 Å². The van der Waals surface area contributed by atoms with Gasteiger partial charge in [-0.25, -0.2) is 0 Å². The molecule has 1 nitrogen and oxygen atoms in total. The van der Waals surface area contributed by atoms with Crippen molar-refractivity contribution in [3.05, 3.63) is 35.9 Å². The van der Waals surface area contributed by atoms with Crippen molar-refractivity contribution >= 4 is 0 Å². The molecule has 0 aromatic heterocycles. The number of benzene rings is 1.